The molecule has 0 unspecified atom stereocenters. The summed E-state index contributed by atoms with van der Waals surface area (Å²) in [5.74, 6) is -0.228. The molecule has 20 heavy (non-hydrogen) atoms. The SMILES string of the molecule is CN(Cc1ncc[nH]1)C(=O)N(CCC(=O)O)C(C)(C)C. The quantitative estimate of drug-likeness (QED) is 0.857. The molecule has 1 heterocycles. The van der Waals surface area contributed by atoms with Crippen LogP contribution in [-0.2, 0) is 11.3 Å². The molecule has 1 aromatic rings. The number of aromatic amines is 1. The Morgan fingerprint density at radius 2 is 2.05 bits per heavy atom. The van der Waals surface area contributed by atoms with Crippen LogP contribution in [0.4, 0.5) is 4.79 Å². The first kappa shape index (κ1) is 16.0. The topological polar surface area (TPSA) is 89.5 Å². The van der Waals surface area contributed by atoms with E-state index in [-0.39, 0.29) is 19.0 Å². The number of nitrogens with zero attached hydrogens (tertiary/aromatic N) is 3. The van der Waals surface area contributed by atoms with Crippen molar-refractivity contribution in [3.8, 4) is 0 Å². The second-order valence-electron chi connectivity index (χ2n) is 5.64. The number of carbonyl (C=O) groups excluding carboxylic acids is 1. The largest absolute Gasteiger partial charge is 0.481 e. The molecule has 0 bridgehead atoms. The van der Waals surface area contributed by atoms with E-state index < -0.39 is 11.5 Å². The lowest BCUT2D eigenvalue weighted by Crippen LogP contribution is -2.51. The van der Waals surface area contributed by atoms with E-state index in [0.29, 0.717) is 12.4 Å². The molecule has 0 fully saturated rings. The summed E-state index contributed by atoms with van der Waals surface area (Å²) in [6.07, 6.45) is 3.25. The highest BCUT2D eigenvalue weighted by Gasteiger charge is 2.29. The lowest BCUT2D eigenvalue weighted by atomic mass is 10.1. The van der Waals surface area contributed by atoms with Gasteiger partial charge in [-0.1, -0.05) is 0 Å². The van der Waals surface area contributed by atoms with E-state index in [9.17, 15) is 9.59 Å². The van der Waals surface area contributed by atoms with Crippen molar-refractivity contribution in [2.45, 2.75) is 39.3 Å². The summed E-state index contributed by atoms with van der Waals surface area (Å²) < 4.78 is 0. The zero-order valence-corrected chi connectivity index (χ0v) is 12.4. The molecule has 7 nitrogen and oxygen atoms in total. The molecule has 1 rings (SSSR count). The number of nitrogens with one attached hydrogen (secondary N) is 1. The molecule has 0 radical (unpaired) electrons. The Labute approximate surface area is 118 Å². The van der Waals surface area contributed by atoms with Crippen LogP contribution in [-0.4, -0.2) is 56.0 Å². The number of imidazole rings is 1. The van der Waals surface area contributed by atoms with Gasteiger partial charge in [-0.25, -0.2) is 9.78 Å². The van der Waals surface area contributed by atoms with Crippen LogP contribution in [0.5, 0.6) is 0 Å². The van der Waals surface area contributed by atoms with E-state index in [1.165, 1.54) is 4.90 Å². The van der Waals surface area contributed by atoms with Gasteiger partial charge >= 0.3 is 12.0 Å². The molecule has 0 saturated heterocycles. The van der Waals surface area contributed by atoms with Gasteiger partial charge in [0.15, 0.2) is 0 Å². The molecule has 1 aromatic heterocycles. The van der Waals surface area contributed by atoms with Crippen LogP contribution in [0.3, 0.4) is 0 Å². The zero-order valence-electron chi connectivity index (χ0n) is 12.4. The molecule has 0 atom stereocenters. The second-order valence-corrected chi connectivity index (χ2v) is 5.64. The van der Waals surface area contributed by atoms with Gasteiger partial charge in [0.1, 0.15) is 5.82 Å². The first-order valence-electron chi connectivity index (χ1n) is 6.44. The monoisotopic (exact) mass is 282 g/mol. The van der Waals surface area contributed by atoms with Crippen LogP contribution in [0.15, 0.2) is 12.4 Å². The molecule has 112 valence electrons. The number of carboxylic acid groups (broad SMARTS) is 1. The first-order chi connectivity index (χ1) is 9.21. The van der Waals surface area contributed by atoms with Gasteiger partial charge in [0.25, 0.3) is 0 Å². The molecule has 7 heteroatoms. The van der Waals surface area contributed by atoms with Crippen LogP contribution in [0.2, 0.25) is 0 Å². The van der Waals surface area contributed by atoms with Gasteiger partial charge in [0.05, 0.1) is 13.0 Å². The zero-order chi connectivity index (χ0) is 15.3. The lowest BCUT2D eigenvalue weighted by molar-refractivity contribution is -0.137. The first-order valence-corrected chi connectivity index (χ1v) is 6.44. The average molecular weight is 282 g/mol. The highest BCUT2D eigenvalue weighted by Crippen LogP contribution is 2.16. The summed E-state index contributed by atoms with van der Waals surface area (Å²) in [5, 5.41) is 8.79. The van der Waals surface area contributed by atoms with Crippen LogP contribution in [0, 0.1) is 0 Å². The fraction of sp³-hybridized carbons (Fsp3) is 0.615. The molecule has 0 spiro atoms. The van der Waals surface area contributed by atoms with Crippen LogP contribution >= 0.6 is 0 Å². The van der Waals surface area contributed by atoms with Crippen LogP contribution in [0.1, 0.15) is 33.0 Å². The Kier molecular flexibility index (Phi) is 5.12. The molecule has 0 aromatic carbocycles. The maximum Gasteiger partial charge on any atom is 0.320 e. The molecule has 0 aliphatic rings. The molecule has 2 N–H and O–H groups in total. The molecule has 0 aliphatic carbocycles. The molecule has 0 aliphatic heterocycles. The third kappa shape index (κ3) is 4.56. The smallest absolute Gasteiger partial charge is 0.320 e. The van der Waals surface area contributed by atoms with Crippen molar-refractivity contribution in [2.75, 3.05) is 13.6 Å². The highest BCUT2D eigenvalue weighted by molar-refractivity contribution is 5.76. The minimum Gasteiger partial charge on any atom is -0.481 e. The molecular formula is C13H22N4O3. The summed E-state index contributed by atoms with van der Waals surface area (Å²) in [6, 6.07) is -0.213. The van der Waals surface area contributed by atoms with Gasteiger partial charge in [-0.15, -0.1) is 0 Å². The van der Waals surface area contributed by atoms with E-state index in [4.69, 9.17) is 5.11 Å². The summed E-state index contributed by atoms with van der Waals surface area (Å²) in [6.45, 7) is 6.18. The summed E-state index contributed by atoms with van der Waals surface area (Å²) in [4.78, 5) is 33.2. The summed E-state index contributed by atoms with van der Waals surface area (Å²) >= 11 is 0. The predicted octanol–water partition coefficient (Wildman–Crippen LogP) is 1.54. The number of carbonyl (C=O) groups is 2. The van der Waals surface area contributed by atoms with Crippen molar-refractivity contribution in [3.63, 3.8) is 0 Å². The minimum atomic E-state index is -0.916. The number of hydrogen-bond acceptors (Lipinski definition) is 3. The normalized spacial score (nSPS) is 11.2. The Hall–Kier alpha value is -2.05. The Balaban J connectivity index is 2.73. The number of hydrogen-bond donors (Lipinski definition) is 2. The van der Waals surface area contributed by atoms with Gasteiger partial charge in [0, 0.05) is 31.5 Å². The highest BCUT2D eigenvalue weighted by atomic mass is 16.4. The van der Waals surface area contributed by atoms with E-state index in [1.54, 1.807) is 24.3 Å². The third-order valence-electron chi connectivity index (χ3n) is 2.86. The van der Waals surface area contributed by atoms with E-state index in [2.05, 4.69) is 9.97 Å². The lowest BCUT2D eigenvalue weighted by Gasteiger charge is -2.37. The van der Waals surface area contributed by atoms with Crippen LogP contribution < -0.4 is 0 Å². The van der Waals surface area contributed by atoms with Crippen molar-refractivity contribution in [3.05, 3.63) is 18.2 Å². The van der Waals surface area contributed by atoms with Gasteiger partial charge in [-0.3, -0.25) is 4.79 Å². The van der Waals surface area contributed by atoms with Crippen molar-refractivity contribution < 1.29 is 14.7 Å². The van der Waals surface area contributed by atoms with Gasteiger partial charge in [-0.2, -0.15) is 0 Å². The van der Waals surface area contributed by atoms with Crippen molar-refractivity contribution in [1.29, 1.82) is 0 Å². The van der Waals surface area contributed by atoms with E-state index in [1.807, 2.05) is 20.8 Å². The number of aromatic nitrogens is 2. The standard InChI is InChI=1S/C13H22N4O3/c1-13(2,3)17(8-5-11(18)19)12(20)16(4)9-10-14-6-7-15-10/h6-7H,5,8-9H2,1-4H3,(H,14,15)(H,18,19). The van der Waals surface area contributed by atoms with Crippen molar-refractivity contribution >= 4 is 12.0 Å². The van der Waals surface area contributed by atoms with Gasteiger partial charge in [0.2, 0.25) is 0 Å². The van der Waals surface area contributed by atoms with Gasteiger partial charge in [-0.05, 0) is 20.8 Å². The second kappa shape index (κ2) is 6.40. The number of amides is 2. The molecule has 2 amide bonds. The Morgan fingerprint density at radius 1 is 1.40 bits per heavy atom. The maximum absolute atomic E-state index is 12.4. The maximum atomic E-state index is 12.4. The summed E-state index contributed by atoms with van der Waals surface area (Å²) in [5.41, 5.74) is -0.441. The third-order valence-corrected chi connectivity index (χ3v) is 2.86. The number of carboxylic acids is 1. The fourth-order valence-corrected chi connectivity index (χ4v) is 1.81. The average Bonchev–Trinajstić information content (AvgIpc) is 2.79. The van der Waals surface area contributed by atoms with E-state index >= 15 is 0 Å². The number of aliphatic carboxylic acids is 1. The van der Waals surface area contributed by atoms with Gasteiger partial charge < -0.3 is 19.9 Å². The summed E-state index contributed by atoms with van der Waals surface area (Å²) in [7, 11) is 1.67. The van der Waals surface area contributed by atoms with Crippen molar-refractivity contribution in [1.82, 2.24) is 19.8 Å². The van der Waals surface area contributed by atoms with Crippen molar-refractivity contribution in [2.24, 2.45) is 0 Å². The van der Waals surface area contributed by atoms with E-state index in [0.717, 1.165) is 0 Å². The predicted molar refractivity (Wildman–Crippen MR) is 74.2 cm³/mol. The van der Waals surface area contributed by atoms with Crippen LogP contribution in [0.25, 0.3) is 0 Å². The number of rotatable bonds is 5. The number of H-pyrrole nitrogens is 1. The number of urea groups is 1. The fourth-order valence-electron chi connectivity index (χ4n) is 1.81. The molecular weight excluding hydrogens is 260 g/mol. The Morgan fingerprint density at radius 3 is 2.50 bits per heavy atom. The Bertz CT molecular complexity index is 451. The minimum absolute atomic E-state index is 0.0718. The molecule has 0 saturated carbocycles.